The molecule has 0 aromatic carbocycles. The Bertz CT molecular complexity index is 972. The third-order valence-corrected chi connectivity index (χ3v) is 5.89. The van der Waals surface area contributed by atoms with Gasteiger partial charge in [0.15, 0.2) is 23.7 Å². The van der Waals surface area contributed by atoms with Crippen molar-refractivity contribution in [2.24, 2.45) is 0 Å². The highest BCUT2D eigenvalue weighted by Crippen LogP contribution is 2.34. The molecule has 11 heteroatoms. The molecule has 1 saturated heterocycles. The number of rotatable bonds is 6. The number of pyridine rings is 1. The summed E-state index contributed by atoms with van der Waals surface area (Å²) < 4.78 is 22.1. The van der Waals surface area contributed by atoms with Crippen LogP contribution in [0.25, 0.3) is 11.3 Å². The summed E-state index contributed by atoms with van der Waals surface area (Å²) >= 11 is 1.29. The van der Waals surface area contributed by atoms with Crippen LogP contribution in [-0.4, -0.2) is 62.6 Å². The van der Waals surface area contributed by atoms with Crippen LogP contribution in [-0.2, 0) is 28.6 Å². The van der Waals surface area contributed by atoms with Crippen molar-refractivity contribution >= 4 is 29.7 Å². The first kappa shape index (κ1) is 23.6. The minimum Gasteiger partial charge on any atom is -0.474 e. The van der Waals surface area contributed by atoms with E-state index in [-0.39, 0.29) is 0 Å². The molecule has 2 aromatic rings. The van der Waals surface area contributed by atoms with Crippen LogP contribution in [0.3, 0.4) is 0 Å². The number of hydrogen-bond donors (Lipinski definition) is 1. The van der Waals surface area contributed by atoms with Gasteiger partial charge in [0.2, 0.25) is 0 Å². The molecule has 0 aliphatic carbocycles. The zero-order valence-corrected chi connectivity index (χ0v) is 19.2. The van der Waals surface area contributed by atoms with Gasteiger partial charge >= 0.3 is 17.9 Å². The van der Waals surface area contributed by atoms with Gasteiger partial charge in [-0.25, -0.2) is 0 Å². The normalized spacial score (nSPS) is 22.7. The van der Waals surface area contributed by atoms with Gasteiger partial charge in [0, 0.05) is 37.8 Å². The lowest BCUT2D eigenvalue weighted by Crippen LogP contribution is -2.55. The monoisotopic (exact) mass is 463 g/mol. The summed E-state index contributed by atoms with van der Waals surface area (Å²) in [5.41, 5.74) is 2.69. The molecule has 0 saturated carbocycles. The van der Waals surface area contributed by atoms with E-state index in [2.05, 4.69) is 15.2 Å². The van der Waals surface area contributed by atoms with Crippen molar-refractivity contribution in [2.45, 2.75) is 58.4 Å². The summed E-state index contributed by atoms with van der Waals surface area (Å²) in [6.07, 6.45) is -1.21. The number of aromatic amines is 1. The predicted molar refractivity (Wildman–Crippen MR) is 115 cm³/mol. The Morgan fingerprint density at radius 3 is 2.19 bits per heavy atom. The average Bonchev–Trinajstić information content (AvgIpc) is 3.04. The molecule has 0 amide bonds. The van der Waals surface area contributed by atoms with E-state index in [4.69, 9.17) is 18.9 Å². The fourth-order valence-corrected chi connectivity index (χ4v) is 4.69. The Morgan fingerprint density at radius 2 is 1.66 bits per heavy atom. The van der Waals surface area contributed by atoms with Crippen molar-refractivity contribution in [2.75, 3.05) is 5.75 Å². The highest BCUT2D eigenvalue weighted by Gasteiger charge is 2.47. The standard InChI is InChI=1S/C21H25N3O7S/c1-10-18(11(2)24-23-10)16-7-6-15(8-22-16)31-21-20(30-14(5)27)19(29-13(4)26)17(9-32-21)28-12(3)25/h6-8,17,19-21H,9H2,1-5H3,(H,23,24)/t17-,19+,20-,21-/m1/s1. The topological polar surface area (TPSA) is 130 Å². The first-order chi connectivity index (χ1) is 15.2. The molecule has 32 heavy (non-hydrogen) atoms. The van der Waals surface area contributed by atoms with Gasteiger partial charge in [-0.05, 0) is 26.0 Å². The molecule has 0 spiro atoms. The summed E-state index contributed by atoms with van der Waals surface area (Å²) in [5, 5.41) is 7.11. The molecule has 2 aromatic heterocycles. The lowest BCUT2D eigenvalue weighted by atomic mass is 10.1. The molecule has 172 valence electrons. The number of thioether (sulfide) groups is 1. The molecule has 3 rings (SSSR count). The largest absolute Gasteiger partial charge is 0.474 e. The maximum atomic E-state index is 11.8. The second-order valence-electron chi connectivity index (χ2n) is 7.30. The number of aromatic nitrogens is 3. The number of ether oxygens (including phenoxy) is 4. The number of aryl methyl sites for hydroxylation is 2. The van der Waals surface area contributed by atoms with E-state index in [1.165, 1.54) is 32.5 Å². The fraction of sp³-hybridized carbons (Fsp3) is 0.476. The van der Waals surface area contributed by atoms with E-state index in [9.17, 15) is 14.4 Å². The zero-order valence-electron chi connectivity index (χ0n) is 18.4. The third kappa shape index (κ3) is 5.58. The van der Waals surface area contributed by atoms with E-state index < -0.39 is 41.7 Å². The van der Waals surface area contributed by atoms with Gasteiger partial charge in [-0.15, -0.1) is 11.8 Å². The smallest absolute Gasteiger partial charge is 0.303 e. The fourth-order valence-electron chi connectivity index (χ4n) is 3.47. The first-order valence-electron chi connectivity index (χ1n) is 9.93. The number of carbonyl (C=O) groups excluding carboxylic acids is 3. The van der Waals surface area contributed by atoms with Crippen molar-refractivity contribution in [1.29, 1.82) is 0 Å². The van der Waals surface area contributed by atoms with Crippen molar-refractivity contribution in [3.63, 3.8) is 0 Å². The summed E-state index contributed by atoms with van der Waals surface area (Å²) in [4.78, 5) is 39.4. The van der Waals surface area contributed by atoms with E-state index in [1.807, 2.05) is 13.8 Å². The summed E-state index contributed by atoms with van der Waals surface area (Å²) in [6.45, 7) is 7.54. The van der Waals surface area contributed by atoms with E-state index in [1.54, 1.807) is 18.3 Å². The Hall–Kier alpha value is -3.08. The molecular weight excluding hydrogens is 438 g/mol. The van der Waals surface area contributed by atoms with Gasteiger partial charge in [-0.1, -0.05) is 0 Å². The van der Waals surface area contributed by atoms with Gasteiger partial charge in [0.25, 0.3) is 0 Å². The van der Waals surface area contributed by atoms with Crippen LogP contribution < -0.4 is 4.74 Å². The third-order valence-electron chi connectivity index (χ3n) is 4.68. The van der Waals surface area contributed by atoms with Crippen LogP contribution in [0.15, 0.2) is 18.3 Å². The van der Waals surface area contributed by atoms with Crippen LogP contribution in [0.2, 0.25) is 0 Å². The number of hydrogen-bond acceptors (Lipinski definition) is 10. The average molecular weight is 464 g/mol. The maximum Gasteiger partial charge on any atom is 0.303 e. The van der Waals surface area contributed by atoms with Crippen LogP contribution in [0.1, 0.15) is 32.2 Å². The van der Waals surface area contributed by atoms with Crippen molar-refractivity contribution in [3.05, 3.63) is 29.7 Å². The summed E-state index contributed by atoms with van der Waals surface area (Å²) in [7, 11) is 0. The number of nitrogens with one attached hydrogen (secondary N) is 1. The lowest BCUT2D eigenvalue weighted by Gasteiger charge is -2.39. The number of H-pyrrole nitrogens is 1. The van der Waals surface area contributed by atoms with Gasteiger partial charge in [-0.2, -0.15) is 5.10 Å². The second-order valence-corrected chi connectivity index (χ2v) is 8.43. The van der Waals surface area contributed by atoms with E-state index in [0.717, 1.165) is 22.6 Å². The molecule has 1 aliphatic heterocycles. The molecule has 4 atom stereocenters. The van der Waals surface area contributed by atoms with E-state index >= 15 is 0 Å². The highest BCUT2D eigenvalue weighted by molar-refractivity contribution is 7.99. The molecular formula is C21H25N3O7S. The number of nitrogens with zero attached hydrogens (tertiary/aromatic N) is 2. The minimum absolute atomic E-state index is 0.291. The Kier molecular flexibility index (Phi) is 7.39. The van der Waals surface area contributed by atoms with Crippen molar-refractivity contribution < 1.29 is 33.3 Å². The molecule has 0 unspecified atom stereocenters. The molecule has 1 fully saturated rings. The van der Waals surface area contributed by atoms with Crippen molar-refractivity contribution in [3.8, 4) is 17.0 Å². The van der Waals surface area contributed by atoms with Gasteiger partial charge in [0.05, 0.1) is 17.6 Å². The Balaban J connectivity index is 1.82. The van der Waals surface area contributed by atoms with Crippen LogP contribution in [0.4, 0.5) is 0 Å². The van der Waals surface area contributed by atoms with Gasteiger partial charge in [-0.3, -0.25) is 24.5 Å². The first-order valence-corrected chi connectivity index (χ1v) is 11.0. The zero-order chi connectivity index (χ0) is 23.4. The predicted octanol–water partition coefficient (Wildman–Crippen LogP) is 2.34. The van der Waals surface area contributed by atoms with Crippen molar-refractivity contribution in [1.82, 2.24) is 15.2 Å². The summed E-state index contributed by atoms with van der Waals surface area (Å²) in [6, 6.07) is 3.55. The SMILES string of the molecule is CC(=O)O[C@@H]1[C@@H](OC(C)=O)[C@H](OC(C)=O)CS[C@H]1Oc1ccc(-c2c(C)n[nH]c2C)nc1. The quantitative estimate of drug-likeness (QED) is 0.503. The highest BCUT2D eigenvalue weighted by atomic mass is 32.2. The van der Waals surface area contributed by atoms with Crippen LogP contribution in [0.5, 0.6) is 5.75 Å². The number of carbonyl (C=O) groups is 3. The molecule has 3 heterocycles. The molecule has 10 nitrogen and oxygen atoms in total. The summed E-state index contributed by atoms with van der Waals surface area (Å²) in [5.74, 6) is -0.970. The van der Waals surface area contributed by atoms with Gasteiger partial charge in [0.1, 0.15) is 5.75 Å². The molecule has 0 bridgehead atoms. The molecule has 1 N–H and O–H groups in total. The van der Waals surface area contributed by atoms with Crippen LogP contribution >= 0.6 is 11.8 Å². The minimum atomic E-state index is -1.00. The number of esters is 3. The molecule has 1 aliphatic rings. The maximum absolute atomic E-state index is 11.8. The van der Waals surface area contributed by atoms with E-state index in [0.29, 0.717) is 11.5 Å². The second kappa shape index (κ2) is 10.0. The lowest BCUT2D eigenvalue weighted by molar-refractivity contribution is -0.186. The Labute approximate surface area is 189 Å². The van der Waals surface area contributed by atoms with Gasteiger partial charge < -0.3 is 18.9 Å². The van der Waals surface area contributed by atoms with Crippen LogP contribution in [0, 0.1) is 13.8 Å². The Morgan fingerprint density at radius 1 is 1.00 bits per heavy atom. The molecule has 0 radical (unpaired) electrons.